The maximum Gasteiger partial charge on any atom is 0.306 e. The van der Waals surface area contributed by atoms with Gasteiger partial charge in [0.2, 0.25) is 0 Å². The summed E-state index contributed by atoms with van der Waals surface area (Å²) >= 11 is 0. The molecular weight excluding hydrogens is 244 g/mol. The number of esters is 1. The first-order chi connectivity index (χ1) is 8.99. The second kappa shape index (κ2) is 8.10. The van der Waals surface area contributed by atoms with E-state index >= 15 is 0 Å². The molecule has 0 amide bonds. The molecule has 1 unspecified atom stereocenters. The van der Waals surface area contributed by atoms with Gasteiger partial charge in [0.05, 0.1) is 12.2 Å². The molecule has 0 saturated heterocycles. The number of carbonyl (C=O) groups is 2. The number of rotatable bonds is 7. The molecule has 0 bridgehead atoms. The van der Waals surface area contributed by atoms with Gasteiger partial charge in [-0.15, -0.1) is 0 Å². The van der Waals surface area contributed by atoms with Crippen molar-refractivity contribution in [2.45, 2.75) is 64.6 Å². The highest BCUT2D eigenvalue weighted by atomic mass is 16.5. The Morgan fingerprint density at radius 3 is 2.79 bits per heavy atom. The molecule has 0 heterocycles. The SMILES string of the molecule is CC(C)OC(=O)CCC/C=C\CC1C[C@@H](O)CC1=O. The van der Waals surface area contributed by atoms with Gasteiger partial charge in [0, 0.05) is 18.8 Å². The molecule has 1 aliphatic rings. The maximum atomic E-state index is 11.4. The fraction of sp³-hybridized carbons (Fsp3) is 0.733. The number of aliphatic hydroxyl groups excluding tert-OH is 1. The Kier molecular flexibility index (Phi) is 6.78. The first-order valence-electron chi connectivity index (χ1n) is 7.04. The van der Waals surface area contributed by atoms with Crippen LogP contribution < -0.4 is 0 Å². The van der Waals surface area contributed by atoms with Gasteiger partial charge < -0.3 is 9.84 Å². The summed E-state index contributed by atoms with van der Waals surface area (Å²) < 4.78 is 5.03. The Balaban J connectivity index is 2.08. The van der Waals surface area contributed by atoms with E-state index in [1.165, 1.54) is 0 Å². The Morgan fingerprint density at radius 2 is 2.21 bits per heavy atom. The van der Waals surface area contributed by atoms with Crippen molar-refractivity contribution in [2.24, 2.45) is 5.92 Å². The minimum Gasteiger partial charge on any atom is -0.463 e. The van der Waals surface area contributed by atoms with Crippen molar-refractivity contribution in [2.75, 3.05) is 0 Å². The third-order valence-corrected chi connectivity index (χ3v) is 3.15. The highest BCUT2D eigenvalue weighted by Gasteiger charge is 2.29. The molecule has 0 radical (unpaired) electrons. The van der Waals surface area contributed by atoms with Crippen LogP contribution in [0.3, 0.4) is 0 Å². The molecule has 1 aliphatic carbocycles. The lowest BCUT2D eigenvalue weighted by atomic mass is 10.0. The monoisotopic (exact) mass is 268 g/mol. The third kappa shape index (κ3) is 6.53. The number of ketones is 1. The minimum absolute atomic E-state index is 0.0165. The van der Waals surface area contributed by atoms with Crippen LogP contribution in [0, 0.1) is 5.92 Å². The Hall–Kier alpha value is -1.16. The average molecular weight is 268 g/mol. The predicted molar refractivity (Wildman–Crippen MR) is 72.6 cm³/mol. The predicted octanol–water partition coefficient (Wildman–Crippen LogP) is 2.39. The van der Waals surface area contributed by atoms with Crippen molar-refractivity contribution in [3.8, 4) is 0 Å². The van der Waals surface area contributed by atoms with Crippen LogP contribution >= 0.6 is 0 Å². The van der Waals surface area contributed by atoms with E-state index in [4.69, 9.17) is 4.74 Å². The second-order valence-corrected chi connectivity index (χ2v) is 5.39. The smallest absolute Gasteiger partial charge is 0.306 e. The number of allylic oxidation sites excluding steroid dienone is 2. The van der Waals surface area contributed by atoms with Gasteiger partial charge in [-0.1, -0.05) is 12.2 Å². The Bertz CT molecular complexity index is 333. The largest absolute Gasteiger partial charge is 0.463 e. The molecular formula is C15H24O4. The second-order valence-electron chi connectivity index (χ2n) is 5.39. The van der Waals surface area contributed by atoms with Crippen LogP contribution in [-0.2, 0) is 14.3 Å². The standard InChI is InChI=1S/C15H24O4/c1-11(2)19-15(18)8-6-4-3-5-7-12-9-13(16)10-14(12)17/h3,5,11-13,16H,4,6-10H2,1-2H3/b5-3-/t12?,13-/m1/s1. The lowest BCUT2D eigenvalue weighted by Crippen LogP contribution is -2.10. The molecule has 19 heavy (non-hydrogen) atoms. The molecule has 1 saturated carbocycles. The third-order valence-electron chi connectivity index (χ3n) is 3.15. The summed E-state index contributed by atoms with van der Waals surface area (Å²) in [5, 5.41) is 9.35. The fourth-order valence-corrected chi connectivity index (χ4v) is 2.23. The van der Waals surface area contributed by atoms with Crippen LogP contribution in [0.25, 0.3) is 0 Å². The van der Waals surface area contributed by atoms with E-state index in [-0.39, 0.29) is 23.8 Å². The zero-order valence-corrected chi connectivity index (χ0v) is 11.8. The van der Waals surface area contributed by atoms with Gasteiger partial charge in [-0.3, -0.25) is 9.59 Å². The zero-order valence-electron chi connectivity index (χ0n) is 11.8. The molecule has 1 fully saturated rings. The Morgan fingerprint density at radius 1 is 1.47 bits per heavy atom. The number of hydrogen-bond acceptors (Lipinski definition) is 4. The molecule has 0 spiro atoms. The summed E-state index contributed by atoms with van der Waals surface area (Å²) in [7, 11) is 0. The highest BCUT2D eigenvalue weighted by molar-refractivity contribution is 5.83. The van der Waals surface area contributed by atoms with E-state index in [9.17, 15) is 14.7 Å². The van der Waals surface area contributed by atoms with E-state index in [0.717, 1.165) is 12.8 Å². The van der Waals surface area contributed by atoms with E-state index in [0.29, 0.717) is 25.7 Å². The quantitative estimate of drug-likeness (QED) is 0.437. The van der Waals surface area contributed by atoms with Gasteiger partial charge >= 0.3 is 5.97 Å². The number of hydrogen-bond donors (Lipinski definition) is 1. The summed E-state index contributed by atoms with van der Waals surface area (Å²) in [5.41, 5.74) is 0. The molecule has 0 aromatic rings. The molecule has 0 aromatic heterocycles. The number of aliphatic hydroxyl groups is 1. The van der Waals surface area contributed by atoms with Crippen molar-refractivity contribution in [1.29, 1.82) is 0 Å². The van der Waals surface area contributed by atoms with Gasteiger partial charge in [-0.05, 0) is 39.5 Å². The van der Waals surface area contributed by atoms with Crippen molar-refractivity contribution >= 4 is 11.8 Å². The molecule has 2 atom stereocenters. The average Bonchev–Trinajstić information content (AvgIpc) is 2.61. The number of unbranched alkanes of at least 4 members (excludes halogenated alkanes) is 1. The number of ether oxygens (including phenoxy) is 1. The molecule has 0 aromatic carbocycles. The molecule has 1 rings (SSSR count). The fourth-order valence-electron chi connectivity index (χ4n) is 2.23. The zero-order chi connectivity index (χ0) is 14.3. The van der Waals surface area contributed by atoms with Crippen molar-refractivity contribution < 1.29 is 19.4 Å². The van der Waals surface area contributed by atoms with Gasteiger partial charge in [-0.25, -0.2) is 0 Å². The number of carbonyl (C=O) groups excluding carboxylic acids is 2. The lowest BCUT2D eigenvalue weighted by Gasteiger charge is -2.06. The molecule has 4 nitrogen and oxygen atoms in total. The van der Waals surface area contributed by atoms with Crippen molar-refractivity contribution in [3.05, 3.63) is 12.2 Å². The summed E-state index contributed by atoms with van der Waals surface area (Å²) in [4.78, 5) is 22.7. The van der Waals surface area contributed by atoms with Gasteiger partial charge in [-0.2, -0.15) is 0 Å². The van der Waals surface area contributed by atoms with Gasteiger partial charge in [0.15, 0.2) is 0 Å². The van der Waals surface area contributed by atoms with Crippen LogP contribution in [0.15, 0.2) is 12.2 Å². The van der Waals surface area contributed by atoms with Gasteiger partial charge in [0.1, 0.15) is 5.78 Å². The van der Waals surface area contributed by atoms with E-state index < -0.39 is 6.10 Å². The van der Waals surface area contributed by atoms with E-state index in [1.54, 1.807) is 0 Å². The molecule has 1 N–H and O–H groups in total. The summed E-state index contributed by atoms with van der Waals surface area (Å²) in [5.74, 6) is -0.00712. The van der Waals surface area contributed by atoms with Crippen LogP contribution in [0.4, 0.5) is 0 Å². The Labute approximate surface area is 114 Å². The van der Waals surface area contributed by atoms with Gasteiger partial charge in [0.25, 0.3) is 0 Å². The normalized spacial score (nSPS) is 23.5. The van der Waals surface area contributed by atoms with E-state index in [1.807, 2.05) is 26.0 Å². The minimum atomic E-state index is -0.447. The first-order valence-corrected chi connectivity index (χ1v) is 7.04. The van der Waals surface area contributed by atoms with E-state index in [2.05, 4.69) is 0 Å². The molecule has 0 aliphatic heterocycles. The summed E-state index contributed by atoms with van der Waals surface area (Å²) in [6.45, 7) is 3.68. The van der Waals surface area contributed by atoms with Crippen LogP contribution in [0.2, 0.25) is 0 Å². The van der Waals surface area contributed by atoms with Crippen molar-refractivity contribution in [3.63, 3.8) is 0 Å². The maximum absolute atomic E-state index is 11.4. The lowest BCUT2D eigenvalue weighted by molar-refractivity contribution is -0.147. The molecule has 108 valence electrons. The van der Waals surface area contributed by atoms with Crippen LogP contribution in [0.1, 0.15) is 52.4 Å². The van der Waals surface area contributed by atoms with Crippen LogP contribution in [0.5, 0.6) is 0 Å². The topological polar surface area (TPSA) is 63.6 Å². The summed E-state index contributed by atoms with van der Waals surface area (Å²) in [6.07, 6.45) is 7.09. The first kappa shape index (κ1) is 15.9. The number of Topliss-reactive ketones (excluding diaryl/α,β-unsaturated/α-hetero) is 1. The molecule has 4 heteroatoms. The van der Waals surface area contributed by atoms with Crippen LogP contribution in [-0.4, -0.2) is 29.1 Å². The highest BCUT2D eigenvalue weighted by Crippen LogP contribution is 2.25. The summed E-state index contributed by atoms with van der Waals surface area (Å²) in [6, 6.07) is 0. The van der Waals surface area contributed by atoms with Crippen molar-refractivity contribution in [1.82, 2.24) is 0 Å².